The van der Waals surface area contributed by atoms with Crippen molar-refractivity contribution in [3.8, 4) is 0 Å². The van der Waals surface area contributed by atoms with Gasteiger partial charge in [-0.3, -0.25) is 10.2 Å². The van der Waals surface area contributed by atoms with Crippen molar-refractivity contribution in [1.82, 2.24) is 25.4 Å². The second kappa shape index (κ2) is 6.79. The van der Waals surface area contributed by atoms with Gasteiger partial charge in [-0.05, 0) is 19.4 Å². The smallest absolute Gasteiger partial charge is 0.355 e. The van der Waals surface area contributed by atoms with Crippen LogP contribution in [0.15, 0.2) is 18.3 Å². The van der Waals surface area contributed by atoms with Gasteiger partial charge in [-0.25, -0.2) is 25.8 Å². The molecule has 4 rings (SSSR count). The largest absolute Gasteiger partial charge is 0.433 e. The fourth-order valence-electron chi connectivity index (χ4n) is 3.85. The molecule has 9 nitrogen and oxygen atoms in total. The number of carbonyl (C=O) groups is 1. The lowest BCUT2D eigenvalue weighted by atomic mass is 9.79. The summed E-state index contributed by atoms with van der Waals surface area (Å²) in [5, 5.41) is 0. The van der Waals surface area contributed by atoms with Crippen molar-refractivity contribution in [3.63, 3.8) is 0 Å². The maximum Gasteiger partial charge on any atom is 0.433 e. The van der Waals surface area contributed by atoms with E-state index < -0.39 is 17.8 Å². The number of aromatic nitrogens is 4. The topological polar surface area (TPSA) is 113 Å². The van der Waals surface area contributed by atoms with Crippen molar-refractivity contribution >= 4 is 17.7 Å². The third-order valence-corrected chi connectivity index (χ3v) is 5.22. The number of alkyl halides is 3. The molecule has 2 saturated heterocycles. The van der Waals surface area contributed by atoms with Gasteiger partial charge in [0, 0.05) is 43.9 Å². The second-order valence-corrected chi connectivity index (χ2v) is 7.40. The lowest BCUT2D eigenvalue weighted by Crippen LogP contribution is -2.58. The number of amides is 1. The van der Waals surface area contributed by atoms with E-state index in [9.17, 15) is 18.0 Å². The van der Waals surface area contributed by atoms with E-state index in [0.717, 1.165) is 12.5 Å². The van der Waals surface area contributed by atoms with Crippen LogP contribution in [-0.4, -0.2) is 52.0 Å². The number of aryl methyl sites for hydroxylation is 1. The fraction of sp³-hybridized carbons (Fsp3) is 0.471. The lowest BCUT2D eigenvalue weighted by molar-refractivity contribution is -0.141. The predicted octanol–water partition coefficient (Wildman–Crippen LogP) is 0.914. The number of nitrogens with zero attached hydrogens (tertiary/aromatic N) is 6. The highest BCUT2D eigenvalue weighted by atomic mass is 19.4. The van der Waals surface area contributed by atoms with E-state index in [4.69, 9.17) is 5.84 Å². The van der Waals surface area contributed by atoms with Gasteiger partial charge < -0.3 is 9.80 Å². The third-order valence-electron chi connectivity index (χ3n) is 5.22. The molecule has 29 heavy (non-hydrogen) atoms. The van der Waals surface area contributed by atoms with Gasteiger partial charge in [0.15, 0.2) is 0 Å². The average Bonchev–Trinajstić information content (AvgIpc) is 3.11. The zero-order valence-electron chi connectivity index (χ0n) is 15.6. The Balaban J connectivity index is 1.45. The highest BCUT2D eigenvalue weighted by Gasteiger charge is 2.49. The number of rotatable bonds is 3. The van der Waals surface area contributed by atoms with Gasteiger partial charge in [0.1, 0.15) is 23.0 Å². The predicted molar refractivity (Wildman–Crippen MR) is 96.9 cm³/mol. The molecule has 0 atom stereocenters. The summed E-state index contributed by atoms with van der Waals surface area (Å²) in [6.45, 7) is 3.96. The van der Waals surface area contributed by atoms with Crippen LogP contribution in [0.4, 0.5) is 24.9 Å². The molecule has 1 spiro atoms. The van der Waals surface area contributed by atoms with Crippen LogP contribution < -0.4 is 21.1 Å². The first-order valence-electron chi connectivity index (χ1n) is 8.96. The molecule has 4 heterocycles. The van der Waals surface area contributed by atoms with E-state index in [-0.39, 0.29) is 22.8 Å². The van der Waals surface area contributed by atoms with Gasteiger partial charge in [0.2, 0.25) is 5.95 Å². The van der Waals surface area contributed by atoms with Crippen molar-refractivity contribution in [3.05, 3.63) is 35.5 Å². The van der Waals surface area contributed by atoms with Crippen LogP contribution in [-0.2, 0) is 6.18 Å². The molecule has 154 valence electrons. The van der Waals surface area contributed by atoms with Gasteiger partial charge >= 0.3 is 6.18 Å². The van der Waals surface area contributed by atoms with Crippen LogP contribution in [0.2, 0.25) is 0 Å². The molecule has 0 aromatic carbocycles. The summed E-state index contributed by atoms with van der Waals surface area (Å²) in [7, 11) is 0. The zero-order chi connectivity index (χ0) is 20.8. The van der Waals surface area contributed by atoms with Gasteiger partial charge in [0.05, 0.1) is 0 Å². The number of hydrogen-bond donors (Lipinski definition) is 2. The Morgan fingerprint density at radius 1 is 1.21 bits per heavy atom. The molecule has 0 unspecified atom stereocenters. The summed E-state index contributed by atoms with van der Waals surface area (Å²) in [6.07, 6.45) is -2.17. The molecular weight excluding hydrogens is 389 g/mol. The summed E-state index contributed by atoms with van der Waals surface area (Å²) in [4.78, 5) is 31.6. The molecular formula is C17H19F3N8O. The van der Waals surface area contributed by atoms with Crippen LogP contribution in [0.5, 0.6) is 0 Å². The number of hydrogen-bond acceptors (Lipinski definition) is 8. The number of hydrazine groups is 1. The molecule has 0 saturated carbocycles. The van der Waals surface area contributed by atoms with Crippen molar-refractivity contribution < 1.29 is 18.0 Å². The van der Waals surface area contributed by atoms with E-state index >= 15 is 0 Å². The molecule has 1 amide bonds. The first kappa shape index (κ1) is 19.3. The summed E-state index contributed by atoms with van der Waals surface area (Å²) < 4.78 is 39.0. The standard InChI is InChI=1S/C17H19F3N8O/c1-10-23-12(17(18,19)20)6-13(24-10)28-8-16(9-28)3-5-27(7-16)15-22-4-2-11(25-15)14(29)26-21/h2,4,6H,3,5,7-9,21H2,1H3,(H,26,29). The second-order valence-electron chi connectivity index (χ2n) is 7.40. The van der Waals surface area contributed by atoms with E-state index in [1.54, 1.807) is 0 Å². The Kier molecular flexibility index (Phi) is 4.52. The zero-order valence-corrected chi connectivity index (χ0v) is 15.6. The number of nitrogens with two attached hydrogens (primary N) is 1. The van der Waals surface area contributed by atoms with Crippen LogP contribution in [0.1, 0.15) is 28.4 Å². The fourth-order valence-corrected chi connectivity index (χ4v) is 3.85. The maximum atomic E-state index is 13.0. The van der Waals surface area contributed by atoms with E-state index in [0.29, 0.717) is 32.1 Å². The molecule has 2 aromatic heterocycles. The van der Waals surface area contributed by atoms with Crippen molar-refractivity contribution in [2.45, 2.75) is 19.5 Å². The molecule has 2 aromatic rings. The van der Waals surface area contributed by atoms with Crippen LogP contribution in [0.25, 0.3) is 0 Å². The monoisotopic (exact) mass is 408 g/mol. The van der Waals surface area contributed by atoms with Gasteiger partial charge in [-0.2, -0.15) is 13.2 Å². The van der Waals surface area contributed by atoms with Crippen LogP contribution in [0.3, 0.4) is 0 Å². The summed E-state index contributed by atoms with van der Waals surface area (Å²) in [5.74, 6) is 5.44. The highest BCUT2D eigenvalue weighted by molar-refractivity contribution is 5.91. The lowest BCUT2D eigenvalue weighted by Gasteiger charge is -2.48. The Morgan fingerprint density at radius 2 is 1.93 bits per heavy atom. The molecule has 12 heteroatoms. The van der Waals surface area contributed by atoms with E-state index in [1.165, 1.54) is 19.2 Å². The third kappa shape index (κ3) is 3.67. The SMILES string of the molecule is Cc1nc(N2CC3(CCN(c4nccc(C(=O)NN)n4)C3)C2)cc(C(F)(F)F)n1. The maximum absolute atomic E-state index is 13.0. The molecule has 2 fully saturated rings. The minimum atomic E-state index is -4.51. The van der Waals surface area contributed by atoms with E-state index in [1.807, 2.05) is 15.2 Å². The van der Waals surface area contributed by atoms with Gasteiger partial charge in [0.25, 0.3) is 5.91 Å². The normalized spacial score (nSPS) is 18.1. The Bertz CT molecular complexity index is 945. The number of anilines is 2. The van der Waals surface area contributed by atoms with Gasteiger partial charge in [-0.15, -0.1) is 0 Å². The molecule has 0 radical (unpaired) electrons. The Labute approximate surface area is 164 Å². The minimum absolute atomic E-state index is 0.0766. The van der Waals surface area contributed by atoms with Crippen LogP contribution in [0, 0.1) is 12.3 Å². The summed E-state index contributed by atoms with van der Waals surface area (Å²) in [5.41, 5.74) is 1.20. The summed E-state index contributed by atoms with van der Waals surface area (Å²) in [6, 6.07) is 2.46. The number of halogens is 3. The van der Waals surface area contributed by atoms with Crippen molar-refractivity contribution in [1.29, 1.82) is 0 Å². The first-order chi connectivity index (χ1) is 13.7. The first-order valence-corrected chi connectivity index (χ1v) is 8.96. The van der Waals surface area contributed by atoms with E-state index in [2.05, 4.69) is 19.9 Å². The number of carbonyl (C=O) groups excluding carboxylic acids is 1. The summed E-state index contributed by atoms with van der Waals surface area (Å²) >= 11 is 0. The highest BCUT2D eigenvalue weighted by Crippen LogP contribution is 2.42. The molecule has 0 aliphatic carbocycles. The van der Waals surface area contributed by atoms with Gasteiger partial charge in [-0.1, -0.05) is 0 Å². The number of nitrogen functional groups attached to an aromatic ring is 1. The van der Waals surface area contributed by atoms with Crippen molar-refractivity contribution in [2.24, 2.45) is 11.3 Å². The Hall–Kier alpha value is -3.02. The van der Waals surface area contributed by atoms with Crippen molar-refractivity contribution in [2.75, 3.05) is 36.0 Å². The molecule has 0 bridgehead atoms. The molecule has 2 aliphatic rings. The molecule has 3 N–H and O–H groups in total. The molecule has 2 aliphatic heterocycles. The average molecular weight is 408 g/mol. The quantitative estimate of drug-likeness (QED) is 0.438. The number of nitrogens with one attached hydrogen (secondary N) is 1. The van der Waals surface area contributed by atoms with Crippen LogP contribution >= 0.6 is 0 Å². The minimum Gasteiger partial charge on any atom is -0.355 e. The Morgan fingerprint density at radius 3 is 2.62 bits per heavy atom.